The SMILES string of the molecule is O=C(O)COc1cccc(-c2csc(NC(=O)c3ccccc3)n2)c1. The molecule has 1 aromatic heterocycles. The van der Waals surface area contributed by atoms with Crippen molar-refractivity contribution in [2.24, 2.45) is 0 Å². The van der Waals surface area contributed by atoms with Crippen LogP contribution in [0, 0.1) is 0 Å². The normalized spacial score (nSPS) is 10.2. The summed E-state index contributed by atoms with van der Waals surface area (Å²) in [5.41, 5.74) is 2.01. The van der Waals surface area contributed by atoms with Gasteiger partial charge in [-0.25, -0.2) is 9.78 Å². The first kappa shape index (κ1) is 16.7. The second-order valence-electron chi connectivity index (χ2n) is 5.07. The minimum atomic E-state index is -1.04. The molecule has 3 aromatic rings. The van der Waals surface area contributed by atoms with Crippen molar-refractivity contribution in [1.82, 2.24) is 4.98 Å². The highest BCUT2D eigenvalue weighted by molar-refractivity contribution is 7.14. The number of carboxylic acids is 1. The molecule has 1 amide bonds. The van der Waals surface area contributed by atoms with E-state index in [9.17, 15) is 9.59 Å². The molecular weight excluding hydrogens is 340 g/mol. The van der Waals surface area contributed by atoms with Crippen LogP contribution in [-0.2, 0) is 4.79 Å². The number of benzene rings is 2. The Morgan fingerprint density at radius 3 is 2.68 bits per heavy atom. The Kier molecular flexibility index (Phi) is 5.06. The minimum Gasteiger partial charge on any atom is -0.482 e. The lowest BCUT2D eigenvalue weighted by Gasteiger charge is -2.04. The molecule has 25 heavy (non-hydrogen) atoms. The highest BCUT2D eigenvalue weighted by Crippen LogP contribution is 2.27. The van der Waals surface area contributed by atoms with Gasteiger partial charge in [0.15, 0.2) is 11.7 Å². The summed E-state index contributed by atoms with van der Waals surface area (Å²) in [6, 6.07) is 15.9. The first-order chi connectivity index (χ1) is 12.1. The van der Waals surface area contributed by atoms with Crippen LogP contribution >= 0.6 is 11.3 Å². The molecule has 0 aliphatic carbocycles. The Balaban J connectivity index is 1.72. The van der Waals surface area contributed by atoms with E-state index in [4.69, 9.17) is 9.84 Å². The van der Waals surface area contributed by atoms with Gasteiger partial charge in [0.2, 0.25) is 0 Å². The molecule has 6 nitrogen and oxygen atoms in total. The summed E-state index contributed by atoms with van der Waals surface area (Å²) >= 11 is 1.31. The van der Waals surface area contributed by atoms with E-state index < -0.39 is 12.6 Å². The maximum atomic E-state index is 12.1. The van der Waals surface area contributed by atoms with Gasteiger partial charge < -0.3 is 9.84 Å². The van der Waals surface area contributed by atoms with E-state index in [1.807, 2.05) is 17.5 Å². The van der Waals surface area contributed by atoms with Crippen molar-refractivity contribution in [2.45, 2.75) is 0 Å². The summed E-state index contributed by atoms with van der Waals surface area (Å²) < 4.78 is 5.17. The average Bonchev–Trinajstić information content (AvgIpc) is 3.09. The Morgan fingerprint density at radius 2 is 1.92 bits per heavy atom. The van der Waals surface area contributed by atoms with Gasteiger partial charge >= 0.3 is 5.97 Å². The molecule has 2 aromatic carbocycles. The maximum Gasteiger partial charge on any atom is 0.341 e. The van der Waals surface area contributed by atoms with E-state index in [2.05, 4.69) is 10.3 Å². The van der Waals surface area contributed by atoms with Crippen LogP contribution in [0.4, 0.5) is 5.13 Å². The largest absolute Gasteiger partial charge is 0.482 e. The van der Waals surface area contributed by atoms with Gasteiger partial charge in [-0.2, -0.15) is 0 Å². The molecule has 0 radical (unpaired) electrons. The number of carbonyl (C=O) groups is 2. The second-order valence-corrected chi connectivity index (χ2v) is 5.93. The Hall–Kier alpha value is -3.19. The first-order valence-corrected chi connectivity index (χ1v) is 8.27. The molecule has 126 valence electrons. The van der Waals surface area contributed by atoms with Crippen molar-refractivity contribution < 1.29 is 19.4 Å². The number of aromatic nitrogens is 1. The van der Waals surface area contributed by atoms with E-state index in [1.54, 1.807) is 42.5 Å². The number of hydrogen-bond donors (Lipinski definition) is 2. The summed E-state index contributed by atoms with van der Waals surface area (Å²) in [7, 11) is 0. The van der Waals surface area contributed by atoms with Gasteiger partial charge in [0, 0.05) is 16.5 Å². The molecule has 0 bridgehead atoms. The Morgan fingerprint density at radius 1 is 1.12 bits per heavy atom. The Labute approximate surface area is 147 Å². The van der Waals surface area contributed by atoms with Gasteiger partial charge in [-0.3, -0.25) is 10.1 Å². The number of carbonyl (C=O) groups excluding carboxylic acids is 1. The highest BCUT2D eigenvalue weighted by Gasteiger charge is 2.10. The van der Waals surface area contributed by atoms with Crippen molar-refractivity contribution in [3.63, 3.8) is 0 Å². The van der Waals surface area contributed by atoms with Gasteiger partial charge in [0.1, 0.15) is 5.75 Å². The van der Waals surface area contributed by atoms with Crippen LogP contribution in [-0.4, -0.2) is 28.6 Å². The molecule has 0 aliphatic heterocycles. The summed E-state index contributed by atoms with van der Waals surface area (Å²) in [5.74, 6) is -0.812. The van der Waals surface area contributed by atoms with Gasteiger partial charge in [-0.05, 0) is 24.3 Å². The molecule has 1 heterocycles. The molecule has 0 saturated heterocycles. The molecule has 7 heteroatoms. The van der Waals surface area contributed by atoms with Crippen molar-refractivity contribution in [2.75, 3.05) is 11.9 Å². The number of anilines is 1. The predicted octanol–water partition coefficient (Wildman–Crippen LogP) is 3.53. The van der Waals surface area contributed by atoms with Crippen LogP contribution in [0.25, 0.3) is 11.3 Å². The fourth-order valence-electron chi connectivity index (χ4n) is 2.11. The number of nitrogens with one attached hydrogen (secondary N) is 1. The van der Waals surface area contributed by atoms with Crippen molar-refractivity contribution >= 4 is 28.3 Å². The monoisotopic (exact) mass is 354 g/mol. The summed E-state index contributed by atoms with van der Waals surface area (Å²) in [6.45, 7) is -0.404. The summed E-state index contributed by atoms with van der Waals surface area (Å²) in [5, 5.41) is 13.7. The first-order valence-electron chi connectivity index (χ1n) is 7.39. The lowest BCUT2D eigenvalue weighted by molar-refractivity contribution is -0.139. The quantitative estimate of drug-likeness (QED) is 0.707. The zero-order chi connectivity index (χ0) is 17.6. The average molecular weight is 354 g/mol. The lowest BCUT2D eigenvalue weighted by Crippen LogP contribution is -2.11. The topological polar surface area (TPSA) is 88.5 Å². The number of nitrogens with zero attached hydrogens (tertiary/aromatic N) is 1. The summed E-state index contributed by atoms with van der Waals surface area (Å²) in [6.07, 6.45) is 0. The van der Waals surface area contributed by atoms with E-state index >= 15 is 0 Å². The predicted molar refractivity (Wildman–Crippen MR) is 95.1 cm³/mol. The van der Waals surface area contributed by atoms with Crippen LogP contribution in [0.15, 0.2) is 60.0 Å². The third-order valence-corrected chi connectivity index (χ3v) is 4.01. The van der Waals surface area contributed by atoms with Gasteiger partial charge in [0.05, 0.1) is 5.69 Å². The van der Waals surface area contributed by atoms with Gasteiger partial charge in [-0.15, -0.1) is 11.3 Å². The molecule has 3 rings (SSSR count). The standard InChI is InChI=1S/C18H14N2O4S/c21-16(22)10-24-14-8-4-7-13(9-14)15-11-25-18(19-15)20-17(23)12-5-2-1-3-6-12/h1-9,11H,10H2,(H,21,22)(H,19,20,23). The van der Waals surface area contributed by atoms with Crippen molar-refractivity contribution in [1.29, 1.82) is 0 Å². The zero-order valence-electron chi connectivity index (χ0n) is 13.0. The fraction of sp³-hybridized carbons (Fsp3) is 0.0556. The van der Waals surface area contributed by atoms with E-state index in [0.717, 1.165) is 5.56 Å². The number of hydrogen-bond acceptors (Lipinski definition) is 5. The number of ether oxygens (including phenoxy) is 1. The smallest absolute Gasteiger partial charge is 0.341 e. The zero-order valence-corrected chi connectivity index (χ0v) is 13.8. The van der Waals surface area contributed by atoms with E-state index in [-0.39, 0.29) is 5.91 Å². The number of aliphatic carboxylic acids is 1. The fourth-order valence-corrected chi connectivity index (χ4v) is 2.83. The number of carboxylic acid groups (broad SMARTS) is 1. The molecular formula is C18H14N2O4S. The molecule has 0 fully saturated rings. The number of rotatable bonds is 6. The van der Waals surface area contributed by atoms with E-state index in [0.29, 0.717) is 22.1 Å². The molecule has 2 N–H and O–H groups in total. The van der Waals surface area contributed by atoms with Crippen molar-refractivity contribution in [3.8, 4) is 17.0 Å². The van der Waals surface area contributed by atoms with Crippen LogP contribution in [0.3, 0.4) is 0 Å². The summed E-state index contributed by atoms with van der Waals surface area (Å²) in [4.78, 5) is 27.1. The van der Waals surface area contributed by atoms with Gasteiger partial charge in [0.25, 0.3) is 5.91 Å². The highest BCUT2D eigenvalue weighted by atomic mass is 32.1. The minimum absolute atomic E-state index is 0.222. The van der Waals surface area contributed by atoms with Crippen LogP contribution in [0.5, 0.6) is 5.75 Å². The van der Waals surface area contributed by atoms with Crippen LogP contribution < -0.4 is 10.1 Å². The van der Waals surface area contributed by atoms with E-state index in [1.165, 1.54) is 11.3 Å². The van der Waals surface area contributed by atoms with Crippen LogP contribution in [0.1, 0.15) is 10.4 Å². The molecule has 0 aliphatic rings. The molecule has 0 saturated carbocycles. The third-order valence-electron chi connectivity index (χ3n) is 3.25. The number of amides is 1. The Bertz CT molecular complexity index is 893. The maximum absolute atomic E-state index is 12.1. The lowest BCUT2D eigenvalue weighted by atomic mass is 10.2. The van der Waals surface area contributed by atoms with Gasteiger partial charge in [-0.1, -0.05) is 30.3 Å². The second kappa shape index (κ2) is 7.59. The molecule has 0 unspecified atom stereocenters. The van der Waals surface area contributed by atoms with Crippen molar-refractivity contribution in [3.05, 3.63) is 65.5 Å². The number of thiazole rings is 1. The molecule has 0 atom stereocenters. The third kappa shape index (κ3) is 4.42. The van der Waals surface area contributed by atoms with Crippen LogP contribution in [0.2, 0.25) is 0 Å². The molecule has 0 spiro atoms.